The molecule has 0 spiro atoms. The van der Waals surface area contributed by atoms with E-state index >= 15 is 0 Å². The number of nitrogens with one attached hydrogen (secondary N) is 1. The van der Waals surface area contributed by atoms with E-state index in [2.05, 4.69) is 24.8 Å². The molecule has 3 aromatic heterocycles. The van der Waals surface area contributed by atoms with E-state index in [1.54, 1.807) is 25.2 Å². The number of hydrogen-bond acceptors (Lipinski definition) is 8. The van der Waals surface area contributed by atoms with Crippen LogP contribution in [0.2, 0.25) is 0 Å². The first-order chi connectivity index (χ1) is 19.1. The number of likely N-dealkylation sites (tertiary alicyclic amines) is 1. The highest BCUT2D eigenvalue weighted by atomic mass is 16.6. The number of anilines is 3. The van der Waals surface area contributed by atoms with Crippen LogP contribution in [0.4, 0.5) is 22.2 Å². The average Bonchev–Trinajstić information content (AvgIpc) is 3.70. The summed E-state index contributed by atoms with van der Waals surface area (Å²) in [5.74, 6) is 1.06. The third-order valence-corrected chi connectivity index (χ3v) is 8.08. The minimum atomic E-state index is -0.495. The van der Waals surface area contributed by atoms with Gasteiger partial charge in [0.05, 0.1) is 17.9 Å². The summed E-state index contributed by atoms with van der Waals surface area (Å²) in [7, 11) is 3.55. The first-order valence-electron chi connectivity index (χ1n) is 14.2. The topological polar surface area (TPSA) is 109 Å². The molecule has 2 unspecified atom stereocenters. The van der Waals surface area contributed by atoms with Crippen molar-refractivity contribution in [2.45, 2.75) is 76.6 Å². The van der Waals surface area contributed by atoms with Crippen LogP contribution in [0, 0.1) is 0 Å². The van der Waals surface area contributed by atoms with Crippen LogP contribution in [0.5, 0.6) is 0 Å². The van der Waals surface area contributed by atoms with E-state index < -0.39 is 5.60 Å². The van der Waals surface area contributed by atoms with Crippen LogP contribution in [0.15, 0.2) is 30.6 Å². The Morgan fingerprint density at radius 1 is 1.02 bits per heavy atom. The molecule has 212 valence electrons. The van der Waals surface area contributed by atoms with Crippen molar-refractivity contribution in [3.8, 4) is 0 Å². The number of aromatic nitrogens is 4. The molecule has 0 aromatic carbocycles. The largest absolute Gasteiger partial charge is 0.444 e. The van der Waals surface area contributed by atoms with Gasteiger partial charge in [0.2, 0.25) is 5.95 Å². The molecule has 5 heterocycles. The number of nitrogens with zero attached hydrogens (tertiary/aromatic N) is 7. The molecule has 40 heavy (non-hydrogen) atoms. The third-order valence-electron chi connectivity index (χ3n) is 8.08. The summed E-state index contributed by atoms with van der Waals surface area (Å²) in [6.07, 6.45) is 8.73. The minimum absolute atomic E-state index is 0.0264. The van der Waals surface area contributed by atoms with Gasteiger partial charge in [0, 0.05) is 50.9 Å². The van der Waals surface area contributed by atoms with Crippen LogP contribution >= 0.6 is 0 Å². The molecule has 3 fully saturated rings. The van der Waals surface area contributed by atoms with E-state index in [1.165, 1.54) is 0 Å². The third kappa shape index (κ3) is 4.93. The standard InChI is InChI=1S/C29H38N8O3/c1-29(2,3)40-28(39)36-17-21-13-22(36)16-35(21)20-10-11-24(30-15-20)32-27-31-14-18-12-23(26(38)34(4)5)37(25(18)33-27)19-8-6-7-9-19/h10-12,14-15,19,21-22H,6-9,13,16-17H2,1-5H3,(H,30,31,32,33). The van der Waals surface area contributed by atoms with Crippen LogP contribution < -0.4 is 10.2 Å². The summed E-state index contributed by atoms with van der Waals surface area (Å²) in [6.45, 7) is 7.11. The van der Waals surface area contributed by atoms with Gasteiger partial charge >= 0.3 is 6.09 Å². The van der Waals surface area contributed by atoms with Crippen LogP contribution in [0.25, 0.3) is 11.0 Å². The maximum atomic E-state index is 13.0. The van der Waals surface area contributed by atoms with Gasteiger partial charge in [-0.2, -0.15) is 4.98 Å². The molecule has 3 aliphatic rings. The Kier molecular flexibility index (Phi) is 6.54. The normalized spacial score (nSPS) is 20.9. The first kappa shape index (κ1) is 26.3. The van der Waals surface area contributed by atoms with E-state index in [4.69, 9.17) is 9.72 Å². The number of carbonyl (C=O) groups is 2. The lowest BCUT2D eigenvalue weighted by atomic mass is 10.2. The summed E-state index contributed by atoms with van der Waals surface area (Å²) in [5, 5.41) is 4.10. The van der Waals surface area contributed by atoms with E-state index in [9.17, 15) is 9.59 Å². The highest BCUT2D eigenvalue weighted by Crippen LogP contribution is 2.36. The zero-order valence-corrected chi connectivity index (χ0v) is 23.9. The summed E-state index contributed by atoms with van der Waals surface area (Å²) >= 11 is 0. The Labute approximate surface area is 234 Å². The van der Waals surface area contributed by atoms with Crippen molar-refractivity contribution < 1.29 is 14.3 Å². The van der Waals surface area contributed by atoms with Crippen LogP contribution in [-0.4, -0.2) is 86.2 Å². The fourth-order valence-electron chi connectivity index (χ4n) is 6.27. The lowest BCUT2D eigenvalue weighted by Crippen LogP contribution is -2.50. The molecule has 1 aliphatic carbocycles. The van der Waals surface area contributed by atoms with Crippen molar-refractivity contribution in [1.29, 1.82) is 0 Å². The maximum absolute atomic E-state index is 13.0. The van der Waals surface area contributed by atoms with E-state index in [0.29, 0.717) is 24.0 Å². The number of rotatable bonds is 5. The fourth-order valence-corrected chi connectivity index (χ4v) is 6.27. The van der Waals surface area contributed by atoms with Crippen LogP contribution in [-0.2, 0) is 4.74 Å². The number of ether oxygens (including phenoxy) is 1. The first-order valence-corrected chi connectivity index (χ1v) is 14.2. The van der Waals surface area contributed by atoms with Gasteiger partial charge in [0.25, 0.3) is 5.91 Å². The number of amides is 2. The number of carbonyl (C=O) groups excluding carboxylic acids is 2. The van der Waals surface area contributed by atoms with Gasteiger partial charge in [-0.05, 0) is 58.2 Å². The second kappa shape index (κ2) is 9.94. The average molecular weight is 547 g/mol. The molecule has 2 aliphatic heterocycles. The maximum Gasteiger partial charge on any atom is 0.410 e. The lowest BCUT2D eigenvalue weighted by Gasteiger charge is -2.36. The Balaban J connectivity index is 1.17. The molecular formula is C29H38N8O3. The van der Waals surface area contributed by atoms with Crippen molar-refractivity contribution in [2.75, 3.05) is 37.4 Å². The minimum Gasteiger partial charge on any atom is -0.444 e. The number of hydrogen-bond donors (Lipinski definition) is 1. The lowest BCUT2D eigenvalue weighted by molar-refractivity contribution is 0.0214. The van der Waals surface area contributed by atoms with Crippen LogP contribution in [0.3, 0.4) is 0 Å². The predicted octanol–water partition coefficient (Wildman–Crippen LogP) is 4.58. The molecule has 1 saturated carbocycles. The van der Waals surface area contributed by atoms with Gasteiger partial charge in [0.1, 0.15) is 22.8 Å². The molecule has 11 nitrogen and oxygen atoms in total. The monoisotopic (exact) mass is 546 g/mol. The Hall–Kier alpha value is -3.89. The van der Waals surface area contributed by atoms with Crippen molar-refractivity contribution in [1.82, 2.24) is 29.3 Å². The van der Waals surface area contributed by atoms with Crippen molar-refractivity contribution >= 4 is 40.5 Å². The Morgan fingerprint density at radius 3 is 2.42 bits per heavy atom. The van der Waals surface area contributed by atoms with Crippen molar-refractivity contribution in [3.63, 3.8) is 0 Å². The van der Waals surface area contributed by atoms with E-state index in [1.807, 2.05) is 50.1 Å². The van der Waals surface area contributed by atoms with Crippen molar-refractivity contribution in [3.05, 3.63) is 36.3 Å². The molecule has 2 bridgehead atoms. The number of piperazine rings is 1. The summed E-state index contributed by atoms with van der Waals surface area (Å²) in [4.78, 5) is 45.3. The van der Waals surface area contributed by atoms with Gasteiger partial charge < -0.3 is 29.3 Å². The molecule has 2 atom stereocenters. The highest BCUT2D eigenvalue weighted by molar-refractivity contribution is 5.98. The van der Waals surface area contributed by atoms with Gasteiger partial charge in [-0.3, -0.25) is 4.79 Å². The van der Waals surface area contributed by atoms with Crippen molar-refractivity contribution in [2.24, 2.45) is 0 Å². The van der Waals surface area contributed by atoms with Gasteiger partial charge in [-0.25, -0.2) is 14.8 Å². The Bertz CT molecular complexity index is 1420. The molecule has 1 N–H and O–H groups in total. The van der Waals surface area contributed by atoms with Gasteiger partial charge in [-0.15, -0.1) is 0 Å². The molecule has 0 radical (unpaired) electrons. The summed E-state index contributed by atoms with van der Waals surface area (Å²) in [5.41, 5.74) is 1.96. The highest BCUT2D eigenvalue weighted by Gasteiger charge is 2.46. The second-order valence-corrected chi connectivity index (χ2v) is 12.4. The molecular weight excluding hydrogens is 508 g/mol. The summed E-state index contributed by atoms with van der Waals surface area (Å²) in [6, 6.07) is 6.54. The van der Waals surface area contributed by atoms with Gasteiger partial charge in [-0.1, -0.05) is 12.8 Å². The second-order valence-electron chi connectivity index (χ2n) is 12.4. The fraction of sp³-hybridized carbons (Fsp3) is 0.552. The zero-order chi connectivity index (χ0) is 28.2. The smallest absolute Gasteiger partial charge is 0.410 e. The predicted molar refractivity (Wildman–Crippen MR) is 153 cm³/mol. The molecule has 6 rings (SSSR count). The molecule has 11 heteroatoms. The van der Waals surface area contributed by atoms with E-state index in [0.717, 1.165) is 55.4 Å². The molecule has 3 aromatic rings. The van der Waals surface area contributed by atoms with E-state index in [-0.39, 0.29) is 30.1 Å². The SMILES string of the molecule is CN(C)C(=O)c1cc2cnc(Nc3ccc(N4CC5CC4CN5C(=O)OC(C)(C)C)cn3)nc2n1C1CCCC1. The molecule has 2 saturated heterocycles. The zero-order valence-electron chi connectivity index (χ0n) is 23.9. The molecule has 2 amide bonds. The Morgan fingerprint density at radius 2 is 1.80 bits per heavy atom. The van der Waals surface area contributed by atoms with Gasteiger partial charge in [0.15, 0.2) is 0 Å². The van der Waals surface area contributed by atoms with Crippen LogP contribution in [0.1, 0.15) is 69.4 Å². The number of pyridine rings is 1. The number of fused-ring (bicyclic) bond motifs is 3. The quantitative estimate of drug-likeness (QED) is 0.495. The summed E-state index contributed by atoms with van der Waals surface area (Å²) < 4.78 is 7.70.